The average molecular weight is 353 g/mol. The molecule has 0 atom stereocenters. The van der Waals surface area contributed by atoms with Crippen LogP contribution in [0, 0.1) is 20.8 Å². The Morgan fingerprint density at radius 1 is 1.05 bits per heavy atom. The van der Waals surface area contributed by atoms with Gasteiger partial charge < -0.3 is 5.32 Å². The Morgan fingerprint density at radius 2 is 1.65 bits per heavy atom. The van der Waals surface area contributed by atoms with Crippen molar-refractivity contribution in [3.8, 4) is 0 Å². The molecule has 0 radical (unpaired) electrons. The molecule has 0 saturated carbocycles. The molecule has 0 aliphatic carbocycles. The second-order valence-corrected chi connectivity index (χ2v) is 6.07. The second-order valence-electron chi connectivity index (χ2n) is 4.84. The summed E-state index contributed by atoms with van der Waals surface area (Å²) in [6.07, 6.45) is 0. The molecule has 0 unspecified atom stereocenters. The summed E-state index contributed by atoms with van der Waals surface area (Å²) < 4.78 is 1.07. The predicted octanol–water partition coefficient (Wildman–Crippen LogP) is 5.28. The van der Waals surface area contributed by atoms with E-state index in [0.29, 0.717) is 10.6 Å². The molecule has 0 saturated heterocycles. The Kier molecular flexibility index (Phi) is 4.51. The maximum absolute atomic E-state index is 12.3. The van der Waals surface area contributed by atoms with Gasteiger partial charge in [0.2, 0.25) is 0 Å². The number of anilines is 1. The highest BCUT2D eigenvalue weighted by Gasteiger charge is 2.11. The number of benzene rings is 2. The first kappa shape index (κ1) is 15.1. The summed E-state index contributed by atoms with van der Waals surface area (Å²) in [5, 5.41) is 3.56. The Balaban J connectivity index is 2.28. The van der Waals surface area contributed by atoms with Crippen LogP contribution in [0.25, 0.3) is 0 Å². The number of nitrogens with one attached hydrogen (secondary N) is 1. The average Bonchev–Trinajstić information content (AvgIpc) is 2.35. The first-order valence-corrected chi connectivity index (χ1v) is 7.40. The lowest BCUT2D eigenvalue weighted by molar-refractivity contribution is 0.102. The number of halogens is 2. The first-order chi connectivity index (χ1) is 9.38. The van der Waals surface area contributed by atoms with Crippen molar-refractivity contribution in [2.75, 3.05) is 5.32 Å². The molecule has 0 aliphatic rings. The molecule has 1 amide bonds. The van der Waals surface area contributed by atoms with E-state index in [1.165, 1.54) is 0 Å². The first-order valence-electron chi connectivity index (χ1n) is 6.22. The normalized spacial score (nSPS) is 10.4. The number of aryl methyl sites for hydroxylation is 3. The lowest BCUT2D eigenvalue weighted by Gasteiger charge is -2.11. The Labute approximate surface area is 132 Å². The SMILES string of the molecule is Cc1cc(Cl)ccc1C(=O)Nc1cc(C)c(Br)c(C)c1. The lowest BCUT2D eigenvalue weighted by Crippen LogP contribution is -2.13. The number of hydrogen-bond acceptors (Lipinski definition) is 1. The van der Waals surface area contributed by atoms with Gasteiger partial charge in [0.25, 0.3) is 5.91 Å². The fourth-order valence-electron chi connectivity index (χ4n) is 2.10. The van der Waals surface area contributed by atoms with Gasteiger partial charge in [0, 0.05) is 20.7 Å². The van der Waals surface area contributed by atoms with Crippen molar-refractivity contribution in [2.45, 2.75) is 20.8 Å². The molecule has 2 aromatic carbocycles. The molecule has 4 heteroatoms. The van der Waals surface area contributed by atoms with Gasteiger partial charge in [-0.2, -0.15) is 0 Å². The van der Waals surface area contributed by atoms with Gasteiger partial charge in [-0.25, -0.2) is 0 Å². The minimum absolute atomic E-state index is 0.125. The van der Waals surface area contributed by atoms with Crippen molar-refractivity contribution in [3.63, 3.8) is 0 Å². The van der Waals surface area contributed by atoms with Gasteiger partial charge in [-0.05, 0) is 67.8 Å². The quantitative estimate of drug-likeness (QED) is 0.782. The van der Waals surface area contributed by atoms with Gasteiger partial charge in [0.05, 0.1) is 0 Å². The van der Waals surface area contributed by atoms with Crippen LogP contribution in [0.3, 0.4) is 0 Å². The van der Waals surface area contributed by atoms with Crippen molar-refractivity contribution in [3.05, 3.63) is 62.1 Å². The van der Waals surface area contributed by atoms with Gasteiger partial charge in [-0.1, -0.05) is 27.5 Å². The van der Waals surface area contributed by atoms with Crippen molar-refractivity contribution in [1.29, 1.82) is 0 Å². The van der Waals surface area contributed by atoms with E-state index >= 15 is 0 Å². The largest absolute Gasteiger partial charge is 0.322 e. The lowest BCUT2D eigenvalue weighted by atomic mass is 10.1. The van der Waals surface area contributed by atoms with Crippen LogP contribution in [0.15, 0.2) is 34.8 Å². The summed E-state index contributed by atoms with van der Waals surface area (Å²) in [6, 6.07) is 9.14. The van der Waals surface area contributed by atoms with Gasteiger partial charge in [-0.15, -0.1) is 0 Å². The highest BCUT2D eigenvalue weighted by atomic mass is 79.9. The van der Waals surface area contributed by atoms with Crippen molar-refractivity contribution in [1.82, 2.24) is 0 Å². The molecule has 2 nitrogen and oxygen atoms in total. The summed E-state index contributed by atoms with van der Waals surface area (Å²) in [7, 11) is 0. The van der Waals surface area contributed by atoms with Crippen LogP contribution in [0.2, 0.25) is 5.02 Å². The van der Waals surface area contributed by atoms with E-state index in [2.05, 4.69) is 21.2 Å². The van der Waals surface area contributed by atoms with E-state index in [1.54, 1.807) is 18.2 Å². The predicted molar refractivity (Wildman–Crippen MR) is 87.8 cm³/mol. The van der Waals surface area contributed by atoms with Crippen LogP contribution in [-0.4, -0.2) is 5.91 Å². The van der Waals surface area contributed by atoms with Crippen molar-refractivity contribution >= 4 is 39.1 Å². The molecule has 0 spiro atoms. The third kappa shape index (κ3) is 3.22. The van der Waals surface area contributed by atoms with Crippen LogP contribution in [0.5, 0.6) is 0 Å². The fraction of sp³-hybridized carbons (Fsp3) is 0.188. The highest BCUT2D eigenvalue weighted by Crippen LogP contribution is 2.25. The van der Waals surface area contributed by atoms with E-state index in [-0.39, 0.29) is 5.91 Å². The zero-order valence-corrected chi connectivity index (χ0v) is 13.9. The number of carbonyl (C=O) groups excluding carboxylic acids is 1. The molecule has 0 aliphatic heterocycles. The molecule has 2 aromatic rings. The van der Waals surface area contributed by atoms with Gasteiger partial charge in [-0.3, -0.25) is 4.79 Å². The van der Waals surface area contributed by atoms with Crippen LogP contribution in [0.1, 0.15) is 27.0 Å². The van der Waals surface area contributed by atoms with Gasteiger partial charge in [0.15, 0.2) is 0 Å². The number of rotatable bonds is 2. The Hall–Kier alpha value is -1.32. The maximum atomic E-state index is 12.3. The Bertz CT molecular complexity index is 659. The summed E-state index contributed by atoms with van der Waals surface area (Å²) in [5.74, 6) is -0.125. The summed E-state index contributed by atoms with van der Waals surface area (Å²) in [6.45, 7) is 5.87. The zero-order chi connectivity index (χ0) is 14.9. The van der Waals surface area contributed by atoms with Crippen molar-refractivity contribution < 1.29 is 4.79 Å². The van der Waals surface area contributed by atoms with Gasteiger partial charge in [0.1, 0.15) is 0 Å². The summed E-state index contributed by atoms with van der Waals surface area (Å²) in [5.41, 5.74) is 4.47. The molecule has 2 rings (SSSR count). The van der Waals surface area contributed by atoms with E-state index in [0.717, 1.165) is 26.9 Å². The van der Waals surface area contributed by atoms with E-state index < -0.39 is 0 Å². The molecule has 1 N–H and O–H groups in total. The number of hydrogen-bond donors (Lipinski definition) is 1. The summed E-state index contributed by atoms with van der Waals surface area (Å²) in [4.78, 5) is 12.3. The minimum Gasteiger partial charge on any atom is -0.322 e. The molecule has 0 heterocycles. The third-order valence-corrected chi connectivity index (χ3v) is 4.61. The molecule has 104 valence electrons. The van der Waals surface area contributed by atoms with Crippen LogP contribution < -0.4 is 5.32 Å². The molecule has 0 aromatic heterocycles. The standard InChI is InChI=1S/C16H15BrClNO/c1-9-6-12(18)4-5-14(9)16(20)19-13-7-10(2)15(17)11(3)8-13/h4-8H,1-3H3,(H,19,20). The molecule has 0 fully saturated rings. The monoisotopic (exact) mass is 351 g/mol. The molecular formula is C16H15BrClNO. The molecule has 20 heavy (non-hydrogen) atoms. The fourth-order valence-corrected chi connectivity index (χ4v) is 2.55. The third-order valence-electron chi connectivity index (χ3n) is 3.13. The van der Waals surface area contributed by atoms with Crippen LogP contribution in [0.4, 0.5) is 5.69 Å². The summed E-state index contributed by atoms with van der Waals surface area (Å²) >= 11 is 9.42. The van der Waals surface area contributed by atoms with Crippen molar-refractivity contribution in [2.24, 2.45) is 0 Å². The zero-order valence-electron chi connectivity index (χ0n) is 11.6. The molecule has 0 bridgehead atoms. The minimum atomic E-state index is -0.125. The van der Waals surface area contributed by atoms with Gasteiger partial charge >= 0.3 is 0 Å². The number of amides is 1. The highest BCUT2D eigenvalue weighted by molar-refractivity contribution is 9.10. The smallest absolute Gasteiger partial charge is 0.255 e. The van der Waals surface area contributed by atoms with E-state index in [9.17, 15) is 4.79 Å². The number of carbonyl (C=O) groups is 1. The van der Waals surface area contributed by atoms with Crippen LogP contribution in [-0.2, 0) is 0 Å². The van der Waals surface area contributed by atoms with Crippen LogP contribution >= 0.6 is 27.5 Å². The molecular weight excluding hydrogens is 338 g/mol. The van der Waals surface area contributed by atoms with E-state index in [4.69, 9.17) is 11.6 Å². The topological polar surface area (TPSA) is 29.1 Å². The second kappa shape index (κ2) is 5.98. The van der Waals surface area contributed by atoms with E-state index in [1.807, 2.05) is 32.9 Å². The maximum Gasteiger partial charge on any atom is 0.255 e. The Morgan fingerprint density at radius 3 is 2.20 bits per heavy atom.